The van der Waals surface area contributed by atoms with E-state index in [9.17, 15) is 5.11 Å². The summed E-state index contributed by atoms with van der Waals surface area (Å²) in [6.45, 7) is 9.87. The van der Waals surface area contributed by atoms with Gasteiger partial charge in [-0.3, -0.25) is 9.80 Å². The molecule has 0 aromatic carbocycles. The second-order valence-corrected chi connectivity index (χ2v) is 5.56. The minimum Gasteiger partial charge on any atom is -0.395 e. The molecule has 126 valence electrons. The van der Waals surface area contributed by atoms with Crippen molar-refractivity contribution in [3.05, 3.63) is 0 Å². The van der Waals surface area contributed by atoms with Crippen LogP contribution in [0.3, 0.4) is 0 Å². The number of nitrogens with zero attached hydrogens (tertiary/aromatic N) is 2. The Bertz CT molecular complexity index is 236. The van der Waals surface area contributed by atoms with Crippen LogP contribution in [0.15, 0.2) is 0 Å². The first-order chi connectivity index (χ1) is 10.3. The van der Waals surface area contributed by atoms with Crippen LogP contribution in [-0.2, 0) is 9.47 Å². The fraction of sp³-hybridized carbons (Fsp3) is 1.00. The van der Waals surface area contributed by atoms with E-state index in [1.54, 1.807) is 0 Å². The first-order valence-electron chi connectivity index (χ1n) is 8.15. The molecule has 2 N–H and O–H groups in total. The third-order valence-corrected chi connectivity index (χ3v) is 3.67. The Hall–Kier alpha value is -0.240. The van der Waals surface area contributed by atoms with Crippen LogP contribution in [0.25, 0.3) is 0 Å². The van der Waals surface area contributed by atoms with E-state index < -0.39 is 6.10 Å². The lowest BCUT2D eigenvalue weighted by Crippen LogP contribution is -2.49. The Balaban J connectivity index is 1.95. The number of piperazine rings is 1. The molecule has 6 heteroatoms. The van der Waals surface area contributed by atoms with E-state index in [1.165, 1.54) is 0 Å². The van der Waals surface area contributed by atoms with Crippen LogP contribution in [0.1, 0.15) is 19.8 Å². The fourth-order valence-corrected chi connectivity index (χ4v) is 2.37. The highest BCUT2D eigenvalue weighted by molar-refractivity contribution is 4.73. The Morgan fingerprint density at radius 2 is 1.67 bits per heavy atom. The van der Waals surface area contributed by atoms with Crippen molar-refractivity contribution in [2.24, 2.45) is 0 Å². The zero-order chi connectivity index (χ0) is 15.3. The van der Waals surface area contributed by atoms with Crippen molar-refractivity contribution >= 4 is 0 Å². The summed E-state index contributed by atoms with van der Waals surface area (Å²) in [5, 5.41) is 18.8. The second kappa shape index (κ2) is 12.3. The van der Waals surface area contributed by atoms with Crippen molar-refractivity contribution in [1.29, 1.82) is 0 Å². The first-order valence-corrected chi connectivity index (χ1v) is 8.15. The summed E-state index contributed by atoms with van der Waals surface area (Å²) in [5.41, 5.74) is 0. The van der Waals surface area contributed by atoms with Gasteiger partial charge in [0.15, 0.2) is 0 Å². The maximum absolute atomic E-state index is 9.95. The summed E-state index contributed by atoms with van der Waals surface area (Å²) in [4.78, 5) is 4.49. The Morgan fingerprint density at radius 1 is 1.00 bits per heavy atom. The molecule has 0 bridgehead atoms. The van der Waals surface area contributed by atoms with Crippen LogP contribution in [0.2, 0.25) is 0 Å². The number of rotatable bonds is 12. The largest absolute Gasteiger partial charge is 0.395 e. The third kappa shape index (κ3) is 9.39. The van der Waals surface area contributed by atoms with E-state index in [2.05, 4.69) is 16.7 Å². The molecule has 0 radical (unpaired) electrons. The van der Waals surface area contributed by atoms with Crippen LogP contribution in [-0.4, -0.2) is 98.4 Å². The molecule has 0 aliphatic carbocycles. The summed E-state index contributed by atoms with van der Waals surface area (Å²) < 4.78 is 10.8. The molecule has 1 aliphatic heterocycles. The van der Waals surface area contributed by atoms with Gasteiger partial charge in [-0.15, -0.1) is 0 Å². The predicted molar refractivity (Wildman–Crippen MR) is 82.5 cm³/mol. The van der Waals surface area contributed by atoms with Gasteiger partial charge >= 0.3 is 0 Å². The summed E-state index contributed by atoms with van der Waals surface area (Å²) in [7, 11) is 0. The van der Waals surface area contributed by atoms with Crippen molar-refractivity contribution in [3.63, 3.8) is 0 Å². The zero-order valence-corrected chi connectivity index (χ0v) is 13.4. The van der Waals surface area contributed by atoms with Gasteiger partial charge in [0.1, 0.15) is 0 Å². The standard InChI is InChI=1S/C15H32N2O4/c1-2-3-10-20-11-12-21-14-15(19)13-17-6-4-16(5-7-17)8-9-18/h15,18-19H,2-14H2,1H3. The van der Waals surface area contributed by atoms with Gasteiger partial charge in [-0.2, -0.15) is 0 Å². The maximum atomic E-state index is 9.95. The van der Waals surface area contributed by atoms with E-state index in [-0.39, 0.29) is 6.61 Å². The van der Waals surface area contributed by atoms with Crippen LogP contribution < -0.4 is 0 Å². The summed E-state index contributed by atoms with van der Waals surface area (Å²) >= 11 is 0. The first kappa shape index (κ1) is 18.8. The summed E-state index contributed by atoms with van der Waals surface area (Å²) in [6, 6.07) is 0. The highest BCUT2D eigenvalue weighted by atomic mass is 16.5. The van der Waals surface area contributed by atoms with Crippen molar-refractivity contribution in [2.75, 3.05) is 72.3 Å². The average molecular weight is 304 g/mol. The van der Waals surface area contributed by atoms with E-state index >= 15 is 0 Å². The molecule has 0 aromatic heterocycles. The number of unbranched alkanes of at least 4 members (excludes halogenated alkanes) is 1. The molecule has 21 heavy (non-hydrogen) atoms. The van der Waals surface area contributed by atoms with Crippen LogP contribution in [0, 0.1) is 0 Å². The van der Waals surface area contributed by atoms with Gasteiger partial charge in [0, 0.05) is 45.9 Å². The number of ether oxygens (including phenoxy) is 2. The monoisotopic (exact) mass is 304 g/mol. The third-order valence-electron chi connectivity index (χ3n) is 3.67. The molecular formula is C15H32N2O4. The maximum Gasteiger partial charge on any atom is 0.0900 e. The van der Waals surface area contributed by atoms with Gasteiger partial charge in [-0.1, -0.05) is 13.3 Å². The van der Waals surface area contributed by atoms with Crippen molar-refractivity contribution < 1.29 is 19.7 Å². The smallest absolute Gasteiger partial charge is 0.0900 e. The molecule has 1 heterocycles. The average Bonchev–Trinajstić information content (AvgIpc) is 2.49. The molecule has 0 saturated carbocycles. The molecule has 1 unspecified atom stereocenters. The number of aliphatic hydroxyl groups is 2. The van der Waals surface area contributed by atoms with Gasteiger partial charge in [-0.05, 0) is 6.42 Å². The van der Waals surface area contributed by atoms with Crippen LogP contribution >= 0.6 is 0 Å². The van der Waals surface area contributed by atoms with E-state index in [0.717, 1.165) is 52.2 Å². The van der Waals surface area contributed by atoms with E-state index in [0.29, 0.717) is 26.4 Å². The van der Waals surface area contributed by atoms with Crippen LogP contribution in [0.4, 0.5) is 0 Å². The van der Waals surface area contributed by atoms with Crippen molar-refractivity contribution in [2.45, 2.75) is 25.9 Å². The SMILES string of the molecule is CCCCOCCOCC(O)CN1CCN(CCO)CC1. The number of hydrogen-bond donors (Lipinski definition) is 2. The van der Waals surface area contributed by atoms with Crippen molar-refractivity contribution in [3.8, 4) is 0 Å². The minimum atomic E-state index is -0.440. The van der Waals surface area contributed by atoms with E-state index in [4.69, 9.17) is 14.6 Å². The van der Waals surface area contributed by atoms with Gasteiger partial charge in [0.25, 0.3) is 0 Å². The topological polar surface area (TPSA) is 65.4 Å². The summed E-state index contributed by atoms with van der Waals surface area (Å²) in [6.07, 6.45) is 1.79. The highest BCUT2D eigenvalue weighted by Gasteiger charge is 2.18. The molecular weight excluding hydrogens is 272 g/mol. The fourth-order valence-electron chi connectivity index (χ4n) is 2.37. The number of aliphatic hydroxyl groups excluding tert-OH is 2. The molecule has 6 nitrogen and oxygen atoms in total. The Kier molecular flexibility index (Phi) is 11.0. The molecule has 1 fully saturated rings. The Labute approximate surface area is 128 Å². The van der Waals surface area contributed by atoms with Crippen LogP contribution in [0.5, 0.6) is 0 Å². The predicted octanol–water partition coefficient (Wildman–Crippen LogP) is -0.209. The van der Waals surface area contributed by atoms with Gasteiger partial charge in [0.05, 0.1) is 32.5 Å². The lowest BCUT2D eigenvalue weighted by Gasteiger charge is -2.35. The minimum absolute atomic E-state index is 0.219. The number of hydrogen-bond acceptors (Lipinski definition) is 6. The molecule has 0 amide bonds. The van der Waals surface area contributed by atoms with Gasteiger partial charge in [0.2, 0.25) is 0 Å². The summed E-state index contributed by atoms with van der Waals surface area (Å²) in [5.74, 6) is 0. The lowest BCUT2D eigenvalue weighted by atomic mass is 10.2. The quantitative estimate of drug-likeness (QED) is 0.487. The molecule has 1 atom stereocenters. The normalized spacial score (nSPS) is 19.0. The number of β-amino-alcohol motifs (C(OH)–C–C–N with tert-alkyl or cyclic N) is 2. The van der Waals surface area contributed by atoms with E-state index in [1.807, 2.05) is 0 Å². The molecule has 0 aromatic rings. The molecule has 0 spiro atoms. The lowest BCUT2D eigenvalue weighted by molar-refractivity contribution is -0.0135. The van der Waals surface area contributed by atoms with Crippen molar-refractivity contribution in [1.82, 2.24) is 9.80 Å². The Morgan fingerprint density at radius 3 is 2.33 bits per heavy atom. The highest BCUT2D eigenvalue weighted by Crippen LogP contribution is 2.02. The van der Waals surface area contributed by atoms with Gasteiger partial charge in [-0.25, -0.2) is 0 Å². The molecule has 1 rings (SSSR count). The molecule has 1 saturated heterocycles. The zero-order valence-electron chi connectivity index (χ0n) is 13.4. The van der Waals surface area contributed by atoms with Gasteiger partial charge < -0.3 is 19.7 Å². The molecule has 1 aliphatic rings. The second-order valence-electron chi connectivity index (χ2n) is 5.56.